The molecule has 0 fully saturated rings. The molecule has 2 aromatic rings. The Morgan fingerprint density at radius 2 is 1.68 bits per heavy atom. The normalized spacial score (nSPS) is 14.7. The van der Waals surface area contributed by atoms with E-state index in [1.165, 1.54) is 16.7 Å². The monoisotopic (exact) mass is 377 g/mol. The van der Waals surface area contributed by atoms with Crippen molar-refractivity contribution in [3.05, 3.63) is 65.2 Å². The Hall–Kier alpha value is -2.39. The SMILES string of the molecule is CC(C)OCCC/C=C/c1ccc2c(c1)/C(=N/OC(C)(C)C)c1ccccc1-2. The summed E-state index contributed by atoms with van der Waals surface area (Å²) < 4.78 is 5.60. The first kappa shape index (κ1) is 20.3. The van der Waals surface area contributed by atoms with Crippen molar-refractivity contribution < 1.29 is 9.57 Å². The third-order valence-electron chi connectivity index (χ3n) is 4.46. The third-order valence-corrected chi connectivity index (χ3v) is 4.46. The molecule has 3 nitrogen and oxygen atoms in total. The fourth-order valence-corrected chi connectivity index (χ4v) is 3.19. The predicted octanol–water partition coefficient (Wildman–Crippen LogP) is 6.45. The molecular weight excluding hydrogens is 346 g/mol. The van der Waals surface area contributed by atoms with Crippen molar-refractivity contribution in [1.82, 2.24) is 0 Å². The molecule has 0 amide bonds. The Labute approximate surface area is 169 Å². The maximum Gasteiger partial charge on any atom is 0.129 e. The maximum absolute atomic E-state index is 5.77. The second kappa shape index (κ2) is 8.74. The smallest absolute Gasteiger partial charge is 0.129 e. The second-order valence-corrected chi connectivity index (χ2v) is 8.46. The number of benzene rings is 2. The van der Waals surface area contributed by atoms with Gasteiger partial charge in [-0.3, -0.25) is 0 Å². The van der Waals surface area contributed by atoms with Crippen LogP contribution in [0.3, 0.4) is 0 Å². The molecule has 1 aliphatic carbocycles. The van der Waals surface area contributed by atoms with Gasteiger partial charge in [-0.05, 0) is 70.2 Å². The number of hydrogen-bond acceptors (Lipinski definition) is 3. The highest BCUT2D eigenvalue weighted by molar-refractivity contribution is 6.24. The van der Waals surface area contributed by atoms with Crippen molar-refractivity contribution in [1.29, 1.82) is 0 Å². The molecule has 1 aliphatic rings. The van der Waals surface area contributed by atoms with E-state index in [2.05, 4.69) is 73.6 Å². The van der Waals surface area contributed by atoms with Crippen LogP contribution in [-0.4, -0.2) is 24.0 Å². The van der Waals surface area contributed by atoms with Crippen molar-refractivity contribution in [2.45, 2.75) is 59.2 Å². The van der Waals surface area contributed by atoms with E-state index >= 15 is 0 Å². The van der Waals surface area contributed by atoms with E-state index in [0.29, 0.717) is 6.10 Å². The van der Waals surface area contributed by atoms with Crippen LogP contribution in [0, 0.1) is 0 Å². The molecule has 0 atom stereocenters. The Kier molecular flexibility index (Phi) is 6.35. The summed E-state index contributed by atoms with van der Waals surface area (Å²) in [6, 6.07) is 15.0. The molecular formula is C25H31NO2. The van der Waals surface area contributed by atoms with E-state index in [1.54, 1.807) is 0 Å². The molecule has 0 aromatic heterocycles. The van der Waals surface area contributed by atoms with Crippen molar-refractivity contribution >= 4 is 11.8 Å². The van der Waals surface area contributed by atoms with Gasteiger partial charge in [0.25, 0.3) is 0 Å². The van der Waals surface area contributed by atoms with E-state index in [9.17, 15) is 0 Å². The minimum Gasteiger partial charge on any atom is -0.390 e. The Morgan fingerprint density at radius 3 is 2.39 bits per heavy atom. The van der Waals surface area contributed by atoms with Gasteiger partial charge in [-0.25, -0.2) is 0 Å². The van der Waals surface area contributed by atoms with Gasteiger partial charge >= 0.3 is 0 Å². The standard InChI is InChI=1S/C25H31NO2/c1-18(2)27-16-10-6-7-11-19-14-15-21-20-12-8-9-13-22(20)24(23(21)17-19)26-28-25(3,4)5/h7-9,11-15,17-18H,6,10,16H2,1-5H3/b11-7+,26-24+. The zero-order chi connectivity index (χ0) is 20.1. The topological polar surface area (TPSA) is 30.8 Å². The van der Waals surface area contributed by atoms with E-state index in [1.807, 2.05) is 20.8 Å². The highest BCUT2D eigenvalue weighted by atomic mass is 16.6. The zero-order valence-corrected chi connectivity index (χ0v) is 17.7. The summed E-state index contributed by atoms with van der Waals surface area (Å²) in [5.74, 6) is 0. The van der Waals surface area contributed by atoms with E-state index < -0.39 is 0 Å². The fourth-order valence-electron chi connectivity index (χ4n) is 3.19. The Bertz CT molecular complexity index is 872. The van der Waals surface area contributed by atoms with Crippen LogP contribution in [0.2, 0.25) is 0 Å². The first-order chi connectivity index (χ1) is 13.3. The largest absolute Gasteiger partial charge is 0.390 e. The molecule has 0 spiro atoms. The number of fused-ring (bicyclic) bond motifs is 3. The van der Waals surface area contributed by atoms with Crippen molar-refractivity contribution in [2.75, 3.05) is 6.61 Å². The molecule has 0 N–H and O–H groups in total. The van der Waals surface area contributed by atoms with Gasteiger partial charge < -0.3 is 9.57 Å². The molecule has 0 unspecified atom stereocenters. The van der Waals surface area contributed by atoms with Crippen LogP contribution in [0.15, 0.2) is 53.7 Å². The minimum absolute atomic E-state index is 0.301. The summed E-state index contributed by atoms with van der Waals surface area (Å²) in [6.07, 6.45) is 6.75. The lowest BCUT2D eigenvalue weighted by Gasteiger charge is -2.16. The number of allylic oxidation sites excluding steroid dienone is 1. The van der Waals surface area contributed by atoms with Crippen LogP contribution in [0.25, 0.3) is 17.2 Å². The quantitative estimate of drug-likeness (QED) is 0.350. The Morgan fingerprint density at radius 1 is 0.964 bits per heavy atom. The molecule has 0 aliphatic heterocycles. The van der Waals surface area contributed by atoms with Gasteiger partial charge in [0.2, 0.25) is 0 Å². The summed E-state index contributed by atoms with van der Waals surface area (Å²) in [5, 5.41) is 4.53. The van der Waals surface area contributed by atoms with Gasteiger partial charge in [-0.1, -0.05) is 53.7 Å². The number of nitrogens with zero attached hydrogens (tertiary/aromatic N) is 1. The maximum atomic E-state index is 5.77. The van der Waals surface area contributed by atoms with E-state index in [-0.39, 0.29) is 5.60 Å². The van der Waals surface area contributed by atoms with Crippen LogP contribution in [-0.2, 0) is 9.57 Å². The lowest BCUT2D eigenvalue weighted by Crippen LogP contribution is -2.17. The van der Waals surface area contributed by atoms with Gasteiger partial charge in [-0.15, -0.1) is 0 Å². The van der Waals surface area contributed by atoms with Crippen LogP contribution >= 0.6 is 0 Å². The number of hydrogen-bond donors (Lipinski definition) is 0. The first-order valence-corrected chi connectivity index (χ1v) is 10.1. The molecule has 3 rings (SSSR count). The number of ether oxygens (including phenoxy) is 1. The van der Waals surface area contributed by atoms with E-state index in [4.69, 9.17) is 9.57 Å². The number of oxime groups is 1. The molecule has 148 valence electrons. The highest BCUT2D eigenvalue weighted by Gasteiger charge is 2.26. The number of rotatable bonds is 7. The van der Waals surface area contributed by atoms with Crippen molar-refractivity contribution in [3.63, 3.8) is 0 Å². The minimum atomic E-state index is -0.319. The molecule has 28 heavy (non-hydrogen) atoms. The fraction of sp³-hybridized carbons (Fsp3) is 0.400. The Balaban J connectivity index is 1.80. The lowest BCUT2D eigenvalue weighted by atomic mass is 10.0. The lowest BCUT2D eigenvalue weighted by molar-refractivity contribution is 0.00121. The van der Waals surface area contributed by atoms with Gasteiger partial charge in [0.1, 0.15) is 11.3 Å². The zero-order valence-electron chi connectivity index (χ0n) is 17.7. The molecule has 0 saturated carbocycles. The molecule has 0 bridgehead atoms. The summed E-state index contributed by atoms with van der Waals surface area (Å²) in [6.45, 7) is 11.0. The van der Waals surface area contributed by atoms with Crippen molar-refractivity contribution in [3.8, 4) is 11.1 Å². The third kappa shape index (κ3) is 5.11. The summed E-state index contributed by atoms with van der Waals surface area (Å²) >= 11 is 0. The average molecular weight is 378 g/mol. The van der Waals surface area contributed by atoms with Crippen LogP contribution < -0.4 is 0 Å². The molecule has 2 aromatic carbocycles. The van der Waals surface area contributed by atoms with Crippen LogP contribution in [0.5, 0.6) is 0 Å². The summed E-state index contributed by atoms with van der Waals surface area (Å²) in [5.41, 5.74) is 6.48. The molecule has 0 heterocycles. The highest BCUT2D eigenvalue weighted by Crippen LogP contribution is 2.37. The summed E-state index contributed by atoms with van der Waals surface area (Å²) in [7, 11) is 0. The van der Waals surface area contributed by atoms with Gasteiger partial charge in [0.15, 0.2) is 0 Å². The van der Waals surface area contributed by atoms with Crippen LogP contribution in [0.4, 0.5) is 0 Å². The van der Waals surface area contributed by atoms with Crippen LogP contribution in [0.1, 0.15) is 64.2 Å². The molecule has 3 heteroatoms. The first-order valence-electron chi connectivity index (χ1n) is 10.1. The number of unbranched alkanes of at least 4 members (excludes halogenated alkanes) is 1. The van der Waals surface area contributed by atoms with Gasteiger partial charge in [0, 0.05) is 17.7 Å². The predicted molar refractivity (Wildman–Crippen MR) is 118 cm³/mol. The second-order valence-electron chi connectivity index (χ2n) is 8.46. The summed E-state index contributed by atoms with van der Waals surface area (Å²) in [4.78, 5) is 5.77. The molecule has 0 saturated heterocycles. The van der Waals surface area contributed by atoms with Crippen molar-refractivity contribution in [2.24, 2.45) is 5.16 Å². The van der Waals surface area contributed by atoms with Gasteiger partial charge in [-0.2, -0.15) is 0 Å². The molecule has 0 radical (unpaired) electrons. The van der Waals surface area contributed by atoms with Gasteiger partial charge in [0.05, 0.1) is 6.10 Å². The average Bonchev–Trinajstić information content (AvgIpc) is 2.95. The van der Waals surface area contributed by atoms with E-state index in [0.717, 1.165) is 36.3 Å².